The summed E-state index contributed by atoms with van der Waals surface area (Å²) in [5.74, 6) is -0.699. The Morgan fingerprint density at radius 3 is 2.46 bits per heavy atom. The minimum Gasteiger partial charge on any atom is -0.476 e. The van der Waals surface area contributed by atoms with Gasteiger partial charge in [0.15, 0.2) is 5.69 Å². The molecule has 1 amide bonds. The van der Waals surface area contributed by atoms with Gasteiger partial charge >= 0.3 is 5.97 Å². The topological polar surface area (TPSA) is 110 Å². The molecule has 142 valence electrons. The number of sulfone groups is 1. The molecule has 1 aliphatic carbocycles. The fraction of sp³-hybridized carbons (Fsp3) is 0.706. The number of carbonyl (C=O) groups excluding carboxylic acids is 1. The predicted octanol–water partition coefficient (Wildman–Crippen LogP) is 0.701. The first-order valence-electron chi connectivity index (χ1n) is 9.15. The molecule has 3 aliphatic rings. The number of carboxylic acid groups (broad SMARTS) is 1. The van der Waals surface area contributed by atoms with Crippen LogP contribution >= 0.6 is 0 Å². The SMILES string of the molecule is O=C(O)c1nn(CC2CC2)c2c1CN(C(=O)C1CCS(=O)(=O)CC1)CC2. The third-order valence-electron chi connectivity index (χ3n) is 5.68. The summed E-state index contributed by atoms with van der Waals surface area (Å²) in [5, 5.41) is 13.8. The number of nitrogens with zero attached hydrogens (tertiary/aromatic N) is 3. The van der Waals surface area contributed by atoms with E-state index in [0.717, 1.165) is 25.1 Å². The Labute approximate surface area is 152 Å². The van der Waals surface area contributed by atoms with E-state index in [1.807, 2.05) is 4.68 Å². The monoisotopic (exact) mass is 381 g/mol. The van der Waals surface area contributed by atoms with Crippen LogP contribution in [0.4, 0.5) is 0 Å². The van der Waals surface area contributed by atoms with Crippen molar-refractivity contribution in [1.29, 1.82) is 0 Å². The molecule has 1 aromatic heterocycles. The fourth-order valence-electron chi connectivity index (χ4n) is 3.94. The molecule has 2 aliphatic heterocycles. The highest BCUT2D eigenvalue weighted by molar-refractivity contribution is 7.91. The number of aromatic nitrogens is 2. The van der Waals surface area contributed by atoms with Crippen LogP contribution in [0.3, 0.4) is 0 Å². The first-order chi connectivity index (χ1) is 12.3. The van der Waals surface area contributed by atoms with E-state index in [2.05, 4.69) is 5.10 Å². The summed E-state index contributed by atoms with van der Waals surface area (Å²) in [7, 11) is -3.01. The summed E-state index contributed by atoms with van der Waals surface area (Å²) in [6.07, 6.45) is 3.63. The lowest BCUT2D eigenvalue weighted by molar-refractivity contribution is -0.136. The van der Waals surface area contributed by atoms with E-state index >= 15 is 0 Å². The number of carboxylic acids is 1. The molecule has 0 unspecified atom stereocenters. The van der Waals surface area contributed by atoms with E-state index in [0.29, 0.717) is 37.3 Å². The molecule has 9 heteroatoms. The van der Waals surface area contributed by atoms with Crippen LogP contribution in [0.15, 0.2) is 0 Å². The molecule has 4 rings (SSSR count). The molecule has 26 heavy (non-hydrogen) atoms. The highest BCUT2D eigenvalue weighted by Gasteiger charge is 2.36. The smallest absolute Gasteiger partial charge is 0.356 e. The summed E-state index contributed by atoms with van der Waals surface area (Å²) >= 11 is 0. The van der Waals surface area contributed by atoms with Gasteiger partial charge in [0.1, 0.15) is 9.84 Å². The molecule has 0 aromatic carbocycles. The summed E-state index contributed by atoms with van der Waals surface area (Å²) in [4.78, 5) is 26.1. The van der Waals surface area contributed by atoms with Crippen LogP contribution in [-0.2, 0) is 34.1 Å². The third-order valence-corrected chi connectivity index (χ3v) is 7.40. The molecule has 1 saturated heterocycles. The zero-order valence-corrected chi connectivity index (χ0v) is 15.4. The van der Waals surface area contributed by atoms with Crippen molar-refractivity contribution in [1.82, 2.24) is 14.7 Å². The van der Waals surface area contributed by atoms with Crippen molar-refractivity contribution in [2.75, 3.05) is 18.1 Å². The van der Waals surface area contributed by atoms with Gasteiger partial charge in [-0.1, -0.05) is 0 Å². The van der Waals surface area contributed by atoms with Gasteiger partial charge in [-0.05, 0) is 31.6 Å². The first-order valence-corrected chi connectivity index (χ1v) is 11.0. The summed E-state index contributed by atoms with van der Waals surface area (Å²) in [6.45, 7) is 1.54. The quantitative estimate of drug-likeness (QED) is 0.822. The maximum absolute atomic E-state index is 12.8. The molecule has 0 spiro atoms. The Morgan fingerprint density at radius 2 is 1.85 bits per heavy atom. The minimum atomic E-state index is -3.01. The second-order valence-corrected chi connectivity index (χ2v) is 9.94. The third kappa shape index (κ3) is 3.36. The summed E-state index contributed by atoms with van der Waals surface area (Å²) in [5.41, 5.74) is 1.62. The first kappa shape index (κ1) is 17.5. The molecule has 8 nitrogen and oxygen atoms in total. The second-order valence-electron chi connectivity index (χ2n) is 7.64. The fourth-order valence-corrected chi connectivity index (χ4v) is 5.43. The van der Waals surface area contributed by atoms with Crippen molar-refractivity contribution in [2.45, 2.75) is 45.2 Å². The Bertz CT molecular complexity index is 842. The highest BCUT2D eigenvalue weighted by atomic mass is 32.2. The van der Waals surface area contributed by atoms with Gasteiger partial charge in [-0.25, -0.2) is 13.2 Å². The molecule has 3 heterocycles. The number of hydrogen-bond acceptors (Lipinski definition) is 5. The number of hydrogen-bond donors (Lipinski definition) is 1. The highest BCUT2D eigenvalue weighted by Crippen LogP contribution is 2.33. The molecular formula is C17H23N3O5S. The van der Waals surface area contributed by atoms with Crippen LogP contribution < -0.4 is 0 Å². The lowest BCUT2D eigenvalue weighted by Crippen LogP contribution is -2.42. The molecule has 1 N–H and O–H groups in total. The van der Waals surface area contributed by atoms with Crippen LogP contribution in [0.1, 0.15) is 47.4 Å². The van der Waals surface area contributed by atoms with E-state index in [9.17, 15) is 23.1 Å². The average molecular weight is 381 g/mol. The van der Waals surface area contributed by atoms with E-state index < -0.39 is 15.8 Å². The van der Waals surface area contributed by atoms with Gasteiger partial charge in [-0.3, -0.25) is 9.48 Å². The maximum atomic E-state index is 12.8. The van der Waals surface area contributed by atoms with Crippen molar-refractivity contribution in [3.63, 3.8) is 0 Å². The van der Waals surface area contributed by atoms with Gasteiger partial charge in [0.05, 0.1) is 11.5 Å². The second kappa shape index (κ2) is 6.37. The van der Waals surface area contributed by atoms with E-state index in [1.165, 1.54) is 0 Å². The van der Waals surface area contributed by atoms with Crippen LogP contribution in [0.2, 0.25) is 0 Å². The van der Waals surface area contributed by atoms with Gasteiger partial charge in [0, 0.05) is 43.2 Å². The molecule has 0 atom stereocenters. The summed E-state index contributed by atoms with van der Waals surface area (Å²) in [6, 6.07) is 0. The Morgan fingerprint density at radius 1 is 1.15 bits per heavy atom. The van der Waals surface area contributed by atoms with Gasteiger partial charge in [-0.2, -0.15) is 5.10 Å². The zero-order chi connectivity index (χ0) is 18.5. The predicted molar refractivity (Wildman–Crippen MR) is 92.4 cm³/mol. The van der Waals surface area contributed by atoms with Crippen LogP contribution in [-0.4, -0.2) is 58.1 Å². The Balaban J connectivity index is 1.52. The lowest BCUT2D eigenvalue weighted by atomic mass is 9.98. The number of aromatic carboxylic acids is 1. The average Bonchev–Trinajstić information content (AvgIpc) is 3.34. The van der Waals surface area contributed by atoms with Crippen LogP contribution in [0.5, 0.6) is 0 Å². The molecule has 1 saturated carbocycles. The van der Waals surface area contributed by atoms with E-state index in [4.69, 9.17) is 0 Å². The van der Waals surface area contributed by atoms with Crippen molar-refractivity contribution in [3.05, 3.63) is 17.0 Å². The van der Waals surface area contributed by atoms with Gasteiger partial charge in [-0.15, -0.1) is 0 Å². The van der Waals surface area contributed by atoms with Crippen LogP contribution in [0.25, 0.3) is 0 Å². The van der Waals surface area contributed by atoms with Crippen molar-refractivity contribution < 1.29 is 23.1 Å². The molecule has 0 bridgehead atoms. The number of rotatable bonds is 4. The molecule has 0 radical (unpaired) electrons. The molecular weight excluding hydrogens is 358 g/mol. The standard InChI is InChI=1S/C17H23N3O5S/c21-16(12-4-7-26(24,25)8-5-12)19-6-3-14-13(10-19)15(17(22)23)18-20(14)9-11-1-2-11/h11-12H,1-10H2,(H,22,23). The van der Waals surface area contributed by atoms with Crippen LogP contribution in [0, 0.1) is 11.8 Å². The van der Waals surface area contributed by atoms with Crippen molar-refractivity contribution in [3.8, 4) is 0 Å². The largest absolute Gasteiger partial charge is 0.476 e. The molecule has 1 aromatic rings. The zero-order valence-electron chi connectivity index (χ0n) is 14.6. The number of fused-ring (bicyclic) bond motifs is 1. The normalized spacial score (nSPS) is 22.8. The maximum Gasteiger partial charge on any atom is 0.356 e. The van der Waals surface area contributed by atoms with E-state index in [-0.39, 0.29) is 35.6 Å². The van der Waals surface area contributed by atoms with E-state index in [1.54, 1.807) is 4.90 Å². The lowest BCUT2D eigenvalue weighted by Gasteiger charge is -2.32. The molecule has 2 fully saturated rings. The van der Waals surface area contributed by atoms with Gasteiger partial charge in [0.25, 0.3) is 0 Å². The summed E-state index contributed by atoms with van der Waals surface area (Å²) < 4.78 is 25.0. The number of amides is 1. The van der Waals surface area contributed by atoms with Crippen molar-refractivity contribution >= 4 is 21.7 Å². The number of carbonyl (C=O) groups is 2. The minimum absolute atomic E-state index is 0.0457. The Hall–Kier alpha value is -1.90. The van der Waals surface area contributed by atoms with Gasteiger partial charge in [0.2, 0.25) is 5.91 Å². The Kier molecular flexibility index (Phi) is 4.29. The van der Waals surface area contributed by atoms with Crippen molar-refractivity contribution in [2.24, 2.45) is 11.8 Å². The van der Waals surface area contributed by atoms with Gasteiger partial charge < -0.3 is 10.0 Å².